The number of anilines is 2. The van der Waals surface area contributed by atoms with Crippen LogP contribution in [0.4, 0.5) is 16.2 Å². The van der Waals surface area contributed by atoms with E-state index in [9.17, 15) is 13.2 Å². The van der Waals surface area contributed by atoms with Crippen molar-refractivity contribution in [3.05, 3.63) is 23.8 Å². The van der Waals surface area contributed by atoms with Crippen LogP contribution in [0.1, 0.15) is 39.2 Å². The van der Waals surface area contributed by atoms with Crippen LogP contribution >= 0.6 is 0 Å². The molecular weight excluding hydrogens is 352 g/mol. The highest BCUT2D eigenvalue weighted by molar-refractivity contribution is 7.92. The van der Waals surface area contributed by atoms with Crippen LogP contribution in [-0.4, -0.2) is 52.3 Å². The zero-order valence-corrected chi connectivity index (χ0v) is 17.3. The Morgan fingerprint density at radius 1 is 1.12 bits per heavy atom. The van der Waals surface area contributed by atoms with Crippen molar-refractivity contribution < 1.29 is 13.2 Å². The fraction of sp³-hybridized carbons (Fsp3) is 0.611. The van der Waals surface area contributed by atoms with Crippen molar-refractivity contribution >= 4 is 27.4 Å². The van der Waals surface area contributed by atoms with E-state index in [1.54, 1.807) is 11.0 Å². The number of urea groups is 1. The van der Waals surface area contributed by atoms with E-state index in [1.807, 2.05) is 51.9 Å². The number of hydrogen-bond acceptors (Lipinski definition) is 4. The van der Waals surface area contributed by atoms with Crippen molar-refractivity contribution in [2.75, 3.05) is 42.6 Å². The van der Waals surface area contributed by atoms with Crippen LogP contribution in [0, 0.1) is 0 Å². The Morgan fingerprint density at radius 3 is 2.35 bits per heavy atom. The van der Waals surface area contributed by atoms with Crippen molar-refractivity contribution in [1.82, 2.24) is 10.2 Å². The molecule has 2 N–H and O–H groups in total. The van der Waals surface area contributed by atoms with Crippen LogP contribution in [-0.2, 0) is 16.6 Å². The number of carbonyl (C=O) groups is 1. The Bertz CT molecular complexity index is 690. The number of nitrogens with one attached hydrogen (secondary N) is 2. The molecule has 8 heteroatoms. The third-order valence-corrected chi connectivity index (χ3v) is 5.27. The van der Waals surface area contributed by atoms with Crippen molar-refractivity contribution in [3.8, 4) is 0 Å². The summed E-state index contributed by atoms with van der Waals surface area (Å²) in [5.74, 6) is 0.0820. The van der Waals surface area contributed by atoms with Gasteiger partial charge in [0.2, 0.25) is 10.0 Å². The summed E-state index contributed by atoms with van der Waals surface area (Å²) < 4.78 is 26.7. The van der Waals surface area contributed by atoms with Gasteiger partial charge in [-0.1, -0.05) is 13.8 Å². The van der Waals surface area contributed by atoms with Gasteiger partial charge in [-0.2, -0.15) is 0 Å². The van der Waals surface area contributed by atoms with Gasteiger partial charge in [0.05, 0.1) is 5.75 Å². The first-order valence-electron chi connectivity index (χ1n) is 9.07. The molecule has 148 valence electrons. The largest absolute Gasteiger partial charge is 0.377 e. The molecule has 0 saturated carbocycles. The Morgan fingerprint density at radius 2 is 1.81 bits per heavy atom. The van der Waals surface area contributed by atoms with Gasteiger partial charge in [-0.25, -0.2) is 13.2 Å². The number of rotatable bonds is 10. The summed E-state index contributed by atoms with van der Waals surface area (Å²) >= 11 is 0. The molecule has 2 amide bonds. The lowest BCUT2D eigenvalue weighted by molar-refractivity contribution is 0.196. The van der Waals surface area contributed by atoms with Crippen molar-refractivity contribution in [2.45, 2.75) is 40.2 Å². The topological polar surface area (TPSA) is 81.8 Å². The molecule has 26 heavy (non-hydrogen) atoms. The Labute approximate surface area is 157 Å². The van der Waals surface area contributed by atoms with Crippen LogP contribution in [0.25, 0.3) is 0 Å². The summed E-state index contributed by atoms with van der Waals surface area (Å²) in [5, 5.41) is 2.83. The summed E-state index contributed by atoms with van der Waals surface area (Å²) in [6, 6.07) is 5.32. The molecular formula is C18H32N4O3S. The van der Waals surface area contributed by atoms with E-state index < -0.39 is 10.0 Å². The van der Waals surface area contributed by atoms with Gasteiger partial charge in [0, 0.05) is 45.1 Å². The standard InChI is InChI=1S/C18H32N4O3S/c1-6-11-22(18(23)19-8-3)14-15-13-16(9-10-17(15)21(4)5)20-26(24,25)12-7-2/h9-10,13,20H,6-8,11-12,14H2,1-5H3,(H,19,23). The number of nitrogens with zero attached hydrogens (tertiary/aromatic N) is 2. The molecule has 0 fully saturated rings. The molecule has 0 radical (unpaired) electrons. The van der Waals surface area contributed by atoms with E-state index in [0.717, 1.165) is 17.7 Å². The smallest absolute Gasteiger partial charge is 0.317 e. The van der Waals surface area contributed by atoms with Crippen LogP contribution in [0.3, 0.4) is 0 Å². The average molecular weight is 385 g/mol. The molecule has 0 atom stereocenters. The molecule has 1 aromatic carbocycles. The highest BCUT2D eigenvalue weighted by Crippen LogP contribution is 2.25. The van der Waals surface area contributed by atoms with Gasteiger partial charge < -0.3 is 15.1 Å². The second-order valence-corrected chi connectivity index (χ2v) is 8.26. The first kappa shape index (κ1) is 22.1. The minimum Gasteiger partial charge on any atom is -0.377 e. The van der Waals surface area contributed by atoms with Gasteiger partial charge in [-0.15, -0.1) is 0 Å². The van der Waals surface area contributed by atoms with Gasteiger partial charge in [0.15, 0.2) is 0 Å². The quantitative estimate of drug-likeness (QED) is 0.650. The van der Waals surface area contributed by atoms with Crippen molar-refractivity contribution in [1.29, 1.82) is 0 Å². The highest BCUT2D eigenvalue weighted by Gasteiger charge is 2.17. The molecule has 0 aliphatic carbocycles. The lowest BCUT2D eigenvalue weighted by Gasteiger charge is -2.26. The van der Waals surface area contributed by atoms with Gasteiger partial charge in [0.25, 0.3) is 0 Å². The SMILES string of the molecule is CCCN(Cc1cc(NS(=O)(=O)CCC)ccc1N(C)C)C(=O)NCC. The molecule has 0 saturated heterocycles. The lowest BCUT2D eigenvalue weighted by atomic mass is 10.1. The average Bonchev–Trinajstić information content (AvgIpc) is 2.54. The van der Waals surface area contributed by atoms with Gasteiger partial charge >= 0.3 is 6.03 Å². The lowest BCUT2D eigenvalue weighted by Crippen LogP contribution is -2.40. The summed E-state index contributed by atoms with van der Waals surface area (Å²) in [6.45, 7) is 7.34. The highest BCUT2D eigenvalue weighted by atomic mass is 32.2. The Balaban J connectivity index is 3.16. The number of sulfonamides is 1. The molecule has 1 aromatic rings. The molecule has 0 unspecified atom stereocenters. The van der Waals surface area contributed by atoms with Gasteiger partial charge in [-0.3, -0.25) is 4.72 Å². The van der Waals surface area contributed by atoms with E-state index in [-0.39, 0.29) is 11.8 Å². The molecule has 7 nitrogen and oxygen atoms in total. The summed E-state index contributed by atoms with van der Waals surface area (Å²) in [6.07, 6.45) is 1.40. The monoisotopic (exact) mass is 384 g/mol. The number of carbonyl (C=O) groups excluding carboxylic acids is 1. The van der Waals surface area contributed by atoms with Gasteiger partial charge in [-0.05, 0) is 43.5 Å². The van der Waals surface area contributed by atoms with Crippen LogP contribution in [0.5, 0.6) is 0 Å². The van der Waals surface area contributed by atoms with Crippen molar-refractivity contribution in [2.24, 2.45) is 0 Å². The Kier molecular flexibility index (Phi) is 8.71. The number of amides is 2. The van der Waals surface area contributed by atoms with E-state index in [0.29, 0.717) is 31.7 Å². The molecule has 1 rings (SSSR count). The predicted octanol–water partition coefficient (Wildman–Crippen LogP) is 2.85. The van der Waals surface area contributed by atoms with Gasteiger partial charge in [0.1, 0.15) is 0 Å². The normalized spacial score (nSPS) is 11.1. The fourth-order valence-corrected chi connectivity index (χ4v) is 3.83. The van der Waals surface area contributed by atoms with E-state index >= 15 is 0 Å². The maximum atomic E-state index is 12.3. The van der Waals surface area contributed by atoms with E-state index in [1.165, 1.54) is 0 Å². The minimum absolute atomic E-state index is 0.0820. The van der Waals surface area contributed by atoms with E-state index in [4.69, 9.17) is 0 Å². The summed E-state index contributed by atoms with van der Waals surface area (Å²) in [4.78, 5) is 16.0. The summed E-state index contributed by atoms with van der Waals surface area (Å²) in [5.41, 5.74) is 2.37. The zero-order valence-electron chi connectivity index (χ0n) is 16.5. The first-order valence-corrected chi connectivity index (χ1v) is 10.7. The molecule has 0 bridgehead atoms. The maximum Gasteiger partial charge on any atom is 0.317 e. The molecule has 0 aliphatic heterocycles. The van der Waals surface area contributed by atoms with E-state index in [2.05, 4.69) is 10.0 Å². The minimum atomic E-state index is -3.35. The fourth-order valence-electron chi connectivity index (χ4n) is 2.70. The van der Waals surface area contributed by atoms with Crippen LogP contribution in [0.15, 0.2) is 18.2 Å². The maximum absolute atomic E-state index is 12.3. The number of hydrogen-bond donors (Lipinski definition) is 2. The zero-order chi connectivity index (χ0) is 19.7. The van der Waals surface area contributed by atoms with Crippen LogP contribution in [0.2, 0.25) is 0 Å². The predicted molar refractivity (Wildman–Crippen MR) is 108 cm³/mol. The van der Waals surface area contributed by atoms with Crippen LogP contribution < -0.4 is 14.9 Å². The third kappa shape index (κ3) is 6.74. The number of benzene rings is 1. The molecule has 0 spiro atoms. The second kappa shape index (κ2) is 10.3. The third-order valence-electron chi connectivity index (χ3n) is 3.78. The molecule has 0 aromatic heterocycles. The molecule has 0 aliphatic rings. The first-order chi connectivity index (χ1) is 12.2. The summed E-state index contributed by atoms with van der Waals surface area (Å²) in [7, 11) is 0.499. The Hall–Kier alpha value is -1.96. The van der Waals surface area contributed by atoms with Crippen molar-refractivity contribution in [3.63, 3.8) is 0 Å². The second-order valence-electron chi connectivity index (χ2n) is 6.42. The molecule has 0 heterocycles.